The Labute approximate surface area is 102 Å². The van der Waals surface area contributed by atoms with E-state index >= 15 is 0 Å². The lowest BCUT2D eigenvalue weighted by Crippen LogP contribution is -2.26. The lowest BCUT2D eigenvalue weighted by atomic mass is 10.1. The van der Waals surface area contributed by atoms with Crippen LogP contribution in [-0.2, 0) is 6.42 Å². The number of anilines is 1. The summed E-state index contributed by atoms with van der Waals surface area (Å²) in [5, 5.41) is 3.61. The van der Waals surface area contributed by atoms with Gasteiger partial charge in [-0.15, -0.1) is 11.8 Å². The van der Waals surface area contributed by atoms with E-state index in [1.165, 1.54) is 28.3 Å². The summed E-state index contributed by atoms with van der Waals surface area (Å²) in [4.78, 5) is 1.41. The maximum absolute atomic E-state index is 5.54. The first kappa shape index (κ1) is 11.8. The number of aryl methyl sites for hydroxylation is 1. The number of fused-ring (bicyclic) bond motifs is 1. The molecule has 1 heterocycles. The van der Waals surface area contributed by atoms with E-state index in [4.69, 9.17) is 5.73 Å². The molecule has 3 N–H and O–H groups in total. The van der Waals surface area contributed by atoms with Crippen molar-refractivity contribution >= 4 is 17.4 Å². The molecule has 1 aromatic carbocycles. The van der Waals surface area contributed by atoms with Crippen LogP contribution in [0.25, 0.3) is 0 Å². The van der Waals surface area contributed by atoms with Crippen molar-refractivity contribution in [2.75, 3.05) is 17.6 Å². The molecule has 0 aromatic heterocycles. The molecular formula is C13H20N2S. The van der Waals surface area contributed by atoms with Crippen LogP contribution < -0.4 is 11.1 Å². The fourth-order valence-electron chi connectivity index (χ4n) is 2.00. The van der Waals surface area contributed by atoms with Crippen LogP contribution in [-0.4, -0.2) is 18.3 Å². The number of nitrogens with one attached hydrogen (secondary N) is 1. The molecular weight excluding hydrogens is 216 g/mol. The molecule has 0 saturated carbocycles. The lowest BCUT2D eigenvalue weighted by molar-refractivity contribution is 0.664. The minimum atomic E-state index is 0.591. The minimum absolute atomic E-state index is 0.591. The maximum Gasteiger partial charge on any atom is 0.0481 e. The Morgan fingerprint density at radius 3 is 3.12 bits per heavy atom. The second-order valence-corrected chi connectivity index (χ2v) is 5.33. The number of rotatable bonds is 4. The van der Waals surface area contributed by atoms with Gasteiger partial charge in [-0.25, -0.2) is 0 Å². The summed E-state index contributed by atoms with van der Waals surface area (Å²) in [6, 6.07) is 7.34. The Morgan fingerprint density at radius 1 is 1.50 bits per heavy atom. The Bertz CT molecular complexity index is 352. The van der Waals surface area contributed by atoms with Gasteiger partial charge in [-0.05, 0) is 43.5 Å². The van der Waals surface area contributed by atoms with Crippen molar-refractivity contribution in [3.63, 3.8) is 0 Å². The molecule has 2 nitrogen and oxygen atoms in total. The van der Waals surface area contributed by atoms with Crippen molar-refractivity contribution in [2.45, 2.75) is 37.1 Å². The number of hydrogen-bond acceptors (Lipinski definition) is 3. The van der Waals surface area contributed by atoms with E-state index in [2.05, 4.69) is 30.4 Å². The molecule has 0 aliphatic carbocycles. The highest BCUT2D eigenvalue weighted by Gasteiger charge is 2.17. The summed E-state index contributed by atoms with van der Waals surface area (Å²) in [5.74, 6) is 1.17. The van der Waals surface area contributed by atoms with Crippen LogP contribution in [0.3, 0.4) is 0 Å². The average Bonchev–Trinajstić information content (AvgIpc) is 2.35. The predicted molar refractivity (Wildman–Crippen MR) is 72.2 cm³/mol. The monoisotopic (exact) mass is 236 g/mol. The molecule has 0 bridgehead atoms. The fourth-order valence-corrected chi connectivity index (χ4v) is 3.14. The normalized spacial score (nSPS) is 19.0. The molecule has 16 heavy (non-hydrogen) atoms. The third kappa shape index (κ3) is 2.71. The number of thioether (sulfide) groups is 1. The Kier molecular flexibility index (Phi) is 4.13. The maximum atomic E-state index is 5.54. The van der Waals surface area contributed by atoms with Gasteiger partial charge in [-0.3, -0.25) is 0 Å². The SMILES string of the molecule is CCc1ccc2c(c1)SCC(CCCN)N2. The van der Waals surface area contributed by atoms with Crippen molar-refractivity contribution in [3.05, 3.63) is 23.8 Å². The summed E-state index contributed by atoms with van der Waals surface area (Å²) in [6.07, 6.45) is 3.41. The number of hydrogen-bond donors (Lipinski definition) is 2. The van der Waals surface area contributed by atoms with Crippen LogP contribution >= 0.6 is 11.8 Å². The third-order valence-corrected chi connectivity index (χ3v) is 4.23. The molecule has 1 unspecified atom stereocenters. The zero-order chi connectivity index (χ0) is 11.4. The quantitative estimate of drug-likeness (QED) is 0.844. The van der Waals surface area contributed by atoms with E-state index in [-0.39, 0.29) is 0 Å². The van der Waals surface area contributed by atoms with Gasteiger partial charge in [-0.1, -0.05) is 13.0 Å². The lowest BCUT2D eigenvalue weighted by Gasteiger charge is -2.26. The van der Waals surface area contributed by atoms with Gasteiger partial charge in [0.05, 0.1) is 0 Å². The second kappa shape index (κ2) is 5.60. The molecule has 0 fully saturated rings. The molecule has 1 aliphatic rings. The van der Waals surface area contributed by atoms with E-state index in [9.17, 15) is 0 Å². The minimum Gasteiger partial charge on any atom is -0.381 e. The first-order chi connectivity index (χ1) is 7.83. The van der Waals surface area contributed by atoms with E-state index in [1.807, 2.05) is 11.8 Å². The highest BCUT2D eigenvalue weighted by molar-refractivity contribution is 7.99. The Balaban J connectivity index is 2.04. The largest absolute Gasteiger partial charge is 0.381 e. The highest BCUT2D eigenvalue weighted by atomic mass is 32.2. The molecule has 1 atom stereocenters. The molecule has 2 rings (SSSR count). The summed E-state index contributed by atoms with van der Waals surface area (Å²) in [6.45, 7) is 3.00. The molecule has 0 amide bonds. The first-order valence-electron chi connectivity index (χ1n) is 6.05. The zero-order valence-electron chi connectivity index (χ0n) is 9.83. The number of nitrogens with two attached hydrogens (primary N) is 1. The van der Waals surface area contributed by atoms with E-state index in [1.54, 1.807) is 0 Å². The summed E-state index contributed by atoms with van der Waals surface area (Å²) in [7, 11) is 0. The second-order valence-electron chi connectivity index (χ2n) is 4.27. The topological polar surface area (TPSA) is 38.0 Å². The molecule has 0 spiro atoms. The van der Waals surface area contributed by atoms with Gasteiger partial charge in [0.25, 0.3) is 0 Å². The summed E-state index contributed by atoms with van der Waals surface area (Å²) >= 11 is 1.97. The Morgan fingerprint density at radius 2 is 2.38 bits per heavy atom. The van der Waals surface area contributed by atoms with Gasteiger partial charge >= 0.3 is 0 Å². The first-order valence-corrected chi connectivity index (χ1v) is 7.04. The smallest absolute Gasteiger partial charge is 0.0481 e. The molecule has 88 valence electrons. The van der Waals surface area contributed by atoms with Gasteiger partial charge in [0, 0.05) is 22.4 Å². The van der Waals surface area contributed by atoms with E-state index in [0.29, 0.717) is 6.04 Å². The highest BCUT2D eigenvalue weighted by Crippen LogP contribution is 2.34. The molecule has 1 aliphatic heterocycles. The van der Waals surface area contributed by atoms with Crippen molar-refractivity contribution in [1.82, 2.24) is 0 Å². The van der Waals surface area contributed by atoms with Gasteiger partial charge < -0.3 is 11.1 Å². The fraction of sp³-hybridized carbons (Fsp3) is 0.538. The molecule has 0 radical (unpaired) electrons. The van der Waals surface area contributed by atoms with Gasteiger partial charge in [0.15, 0.2) is 0 Å². The predicted octanol–water partition coefficient (Wildman–Crippen LogP) is 2.87. The van der Waals surface area contributed by atoms with E-state index in [0.717, 1.165) is 19.4 Å². The van der Waals surface area contributed by atoms with Crippen molar-refractivity contribution < 1.29 is 0 Å². The van der Waals surface area contributed by atoms with Gasteiger partial charge in [0.2, 0.25) is 0 Å². The van der Waals surface area contributed by atoms with Crippen LogP contribution in [0, 0.1) is 0 Å². The van der Waals surface area contributed by atoms with Crippen LogP contribution in [0.4, 0.5) is 5.69 Å². The van der Waals surface area contributed by atoms with Gasteiger partial charge in [0.1, 0.15) is 0 Å². The van der Waals surface area contributed by atoms with Crippen molar-refractivity contribution in [3.8, 4) is 0 Å². The zero-order valence-corrected chi connectivity index (χ0v) is 10.6. The Hall–Kier alpha value is -0.670. The standard InChI is InChI=1S/C13H20N2S/c1-2-10-5-6-12-13(8-10)16-9-11(15-12)4-3-7-14/h5-6,8,11,15H,2-4,7,9,14H2,1H3. The summed E-state index contributed by atoms with van der Waals surface area (Å²) in [5.41, 5.74) is 8.27. The van der Waals surface area contributed by atoms with Crippen molar-refractivity contribution in [2.24, 2.45) is 5.73 Å². The van der Waals surface area contributed by atoms with E-state index < -0.39 is 0 Å². The molecule has 0 saturated heterocycles. The van der Waals surface area contributed by atoms with Crippen LogP contribution in [0.1, 0.15) is 25.3 Å². The molecule has 3 heteroatoms. The third-order valence-electron chi connectivity index (χ3n) is 3.01. The van der Waals surface area contributed by atoms with Crippen LogP contribution in [0.5, 0.6) is 0 Å². The van der Waals surface area contributed by atoms with Gasteiger partial charge in [-0.2, -0.15) is 0 Å². The molecule has 1 aromatic rings. The average molecular weight is 236 g/mol. The summed E-state index contributed by atoms with van der Waals surface area (Å²) < 4.78 is 0. The van der Waals surface area contributed by atoms with Crippen molar-refractivity contribution in [1.29, 1.82) is 0 Å². The van der Waals surface area contributed by atoms with Crippen LogP contribution in [0.15, 0.2) is 23.1 Å². The number of benzene rings is 1. The van der Waals surface area contributed by atoms with Crippen LogP contribution in [0.2, 0.25) is 0 Å².